The number of nitrogens with one attached hydrogen (secondary N) is 1. The van der Waals surface area contributed by atoms with Crippen LogP contribution in [0.1, 0.15) is 25.6 Å². The third kappa shape index (κ3) is 1.98. The molecule has 0 spiro atoms. The van der Waals surface area contributed by atoms with Gasteiger partial charge in [0.25, 0.3) is 0 Å². The van der Waals surface area contributed by atoms with Crippen molar-refractivity contribution in [1.82, 2.24) is 14.9 Å². The lowest BCUT2D eigenvalue weighted by molar-refractivity contribution is 0.479. The van der Waals surface area contributed by atoms with Crippen molar-refractivity contribution in [1.29, 1.82) is 0 Å². The van der Waals surface area contributed by atoms with Crippen molar-refractivity contribution in [3.8, 4) is 0 Å². The zero-order valence-corrected chi connectivity index (χ0v) is 9.03. The first-order valence-electron chi connectivity index (χ1n) is 5.52. The number of likely N-dealkylation sites (N-methyl/N-ethyl adjacent to an activating group) is 1. The van der Waals surface area contributed by atoms with Gasteiger partial charge in [0.1, 0.15) is 5.82 Å². The summed E-state index contributed by atoms with van der Waals surface area (Å²) in [5, 5.41) is 3.40. The molecule has 0 radical (unpaired) electrons. The van der Waals surface area contributed by atoms with Gasteiger partial charge >= 0.3 is 0 Å². The van der Waals surface area contributed by atoms with E-state index in [9.17, 15) is 0 Å². The molecular formula is C11H19N3. The van der Waals surface area contributed by atoms with E-state index >= 15 is 0 Å². The Labute approximate surface area is 85.5 Å². The van der Waals surface area contributed by atoms with Crippen molar-refractivity contribution < 1.29 is 0 Å². The summed E-state index contributed by atoms with van der Waals surface area (Å²) >= 11 is 0. The molecule has 14 heavy (non-hydrogen) atoms. The molecule has 3 nitrogen and oxygen atoms in total. The van der Waals surface area contributed by atoms with Gasteiger partial charge in [-0.3, -0.25) is 0 Å². The molecule has 1 aromatic heterocycles. The van der Waals surface area contributed by atoms with Gasteiger partial charge in [-0.05, 0) is 32.7 Å². The van der Waals surface area contributed by atoms with Crippen molar-refractivity contribution in [3.05, 3.63) is 18.2 Å². The lowest BCUT2D eigenvalue weighted by atomic mass is 10.1. The second kappa shape index (κ2) is 4.13. The van der Waals surface area contributed by atoms with Crippen molar-refractivity contribution in [2.75, 3.05) is 7.05 Å². The minimum Gasteiger partial charge on any atom is -0.335 e. The molecule has 0 saturated heterocycles. The Balaban J connectivity index is 2.00. The molecule has 1 saturated carbocycles. The van der Waals surface area contributed by atoms with Gasteiger partial charge in [0, 0.05) is 31.4 Å². The highest BCUT2D eigenvalue weighted by molar-refractivity contribution is 4.99. The van der Waals surface area contributed by atoms with Gasteiger partial charge in [-0.2, -0.15) is 0 Å². The molecular weight excluding hydrogens is 174 g/mol. The van der Waals surface area contributed by atoms with Crippen LogP contribution in [0.2, 0.25) is 0 Å². The molecule has 0 aromatic carbocycles. The standard InChI is InChI=1S/C11H19N3/c1-3-14-7-6-13-11(14)8-10(12-2)9-4-5-9/h6-7,9-10,12H,3-5,8H2,1-2H3. The highest BCUT2D eigenvalue weighted by Gasteiger charge is 2.30. The van der Waals surface area contributed by atoms with Crippen LogP contribution in [0.3, 0.4) is 0 Å². The van der Waals surface area contributed by atoms with Crippen LogP contribution in [0, 0.1) is 5.92 Å². The fourth-order valence-electron chi connectivity index (χ4n) is 2.02. The van der Waals surface area contributed by atoms with Crippen LogP contribution in [-0.2, 0) is 13.0 Å². The molecule has 0 amide bonds. The van der Waals surface area contributed by atoms with E-state index in [1.165, 1.54) is 18.7 Å². The molecule has 1 unspecified atom stereocenters. The largest absolute Gasteiger partial charge is 0.335 e. The number of nitrogens with zero attached hydrogens (tertiary/aromatic N) is 2. The van der Waals surface area contributed by atoms with E-state index in [1.807, 2.05) is 6.20 Å². The van der Waals surface area contributed by atoms with E-state index < -0.39 is 0 Å². The first kappa shape index (κ1) is 9.71. The summed E-state index contributed by atoms with van der Waals surface area (Å²) in [5.74, 6) is 2.11. The lowest BCUT2D eigenvalue weighted by Crippen LogP contribution is -2.30. The maximum Gasteiger partial charge on any atom is 0.110 e. The van der Waals surface area contributed by atoms with Crippen LogP contribution in [0.4, 0.5) is 0 Å². The van der Waals surface area contributed by atoms with Crippen LogP contribution in [0.15, 0.2) is 12.4 Å². The highest BCUT2D eigenvalue weighted by atomic mass is 15.1. The van der Waals surface area contributed by atoms with Gasteiger partial charge in [0.15, 0.2) is 0 Å². The van der Waals surface area contributed by atoms with Crippen LogP contribution in [0.25, 0.3) is 0 Å². The Morgan fingerprint density at radius 2 is 2.43 bits per heavy atom. The number of aromatic nitrogens is 2. The van der Waals surface area contributed by atoms with E-state index in [2.05, 4.69) is 35.0 Å². The summed E-state index contributed by atoms with van der Waals surface area (Å²) in [4.78, 5) is 4.41. The average molecular weight is 193 g/mol. The minimum atomic E-state index is 0.628. The molecule has 0 bridgehead atoms. The van der Waals surface area contributed by atoms with Gasteiger partial charge < -0.3 is 9.88 Å². The van der Waals surface area contributed by atoms with Gasteiger partial charge in [-0.25, -0.2) is 4.98 Å². The Kier molecular flexibility index (Phi) is 2.87. The van der Waals surface area contributed by atoms with E-state index in [1.54, 1.807) is 0 Å². The first-order valence-corrected chi connectivity index (χ1v) is 5.52. The molecule has 1 aliphatic rings. The van der Waals surface area contributed by atoms with Gasteiger partial charge in [-0.15, -0.1) is 0 Å². The topological polar surface area (TPSA) is 29.9 Å². The highest BCUT2D eigenvalue weighted by Crippen LogP contribution is 2.33. The second-order valence-corrected chi connectivity index (χ2v) is 4.07. The zero-order valence-electron chi connectivity index (χ0n) is 9.03. The molecule has 2 rings (SSSR count). The predicted octanol–water partition coefficient (Wildman–Crippen LogP) is 1.44. The Bertz CT molecular complexity index is 288. The summed E-state index contributed by atoms with van der Waals surface area (Å²) in [6, 6.07) is 0.628. The number of hydrogen-bond acceptors (Lipinski definition) is 2. The zero-order chi connectivity index (χ0) is 9.97. The smallest absolute Gasteiger partial charge is 0.110 e. The monoisotopic (exact) mass is 193 g/mol. The van der Waals surface area contributed by atoms with Crippen molar-refractivity contribution in [2.45, 2.75) is 38.8 Å². The summed E-state index contributed by atoms with van der Waals surface area (Å²) < 4.78 is 2.23. The van der Waals surface area contributed by atoms with Crippen LogP contribution in [0.5, 0.6) is 0 Å². The third-order valence-electron chi connectivity index (χ3n) is 3.11. The maximum absolute atomic E-state index is 4.41. The summed E-state index contributed by atoms with van der Waals surface area (Å²) in [6.45, 7) is 3.19. The fourth-order valence-corrected chi connectivity index (χ4v) is 2.02. The molecule has 1 heterocycles. The predicted molar refractivity (Wildman–Crippen MR) is 57.2 cm³/mol. The van der Waals surface area contributed by atoms with Gasteiger partial charge in [-0.1, -0.05) is 0 Å². The van der Waals surface area contributed by atoms with Gasteiger partial charge in [0.2, 0.25) is 0 Å². The van der Waals surface area contributed by atoms with Crippen molar-refractivity contribution in [3.63, 3.8) is 0 Å². The maximum atomic E-state index is 4.41. The quantitative estimate of drug-likeness (QED) is 0.767. The number of aryl methyl sites for hydroxylation is 1. The molecule has 1 aliphatic carbocycles. The molecule has 0 aliphatic heterocycles. The Hall–Kier alpha value is -0.830. The molecule has 1 aromatic rings. The number of rotatable bonds is 5. The van der Waals surface area contributed by atoms with Crippen LogP contribution < -0.4 is 5.32 Å². The minimum absolute atomic E-state index is 0.628. The van der Waals surface area contributed by atoms with Gasteiger partial charge in [0.05, 0.1) is 0 Å². The van der Waals surface area contributed by atoms with E-state index in [0.717, 1.165) is 18.9 Å². The normalized spacial score (nSPS) is 18.4. The molecule has 1 N–H and O–H groups in total. The van der Waals surface area contributed by atoms with Crippen LogP contribution >= 0.6 is 0 Å². The van der Waals surface area contributed by atoms with Crippen molar-refractivity contribution >= 4 is 0 Å². The van der Waals surface area contributed by atoms with E-state index in [4.69, 9.17) is 0 Å². The summed E-state index contributed by atoms with van der Waals surface area (Å²) in [5.41, 5.74) is 0. The molecule has 1 fully saturated rings. The van der Waals surface area contributed by atoms with Crippen LogP contribution in [-0.4, -0.2) is 22.6 Å². The first-order chi connectivity index (χ1) is 6.85. The fraction of sp³-hybridized carbons (Fsp3) is 0.727. The van der Waals surface area contributed by atoms with E-state index in [0.29, 0.717) is 6.04 Å². The second-order valence-electron chi connectivity index (χ2n) is 4.07. The summed E-state index contributed by atoms with van der Waals surface area (Å²) in [7, 11) is 2.06. The SMILES string of the molecule is CCn1ccnc1CC(NC)C1CC1. The van der Waals surface area contributed by atoms with E-state index in [-0.39, 0.29) is 0 Å². The molecule has 3 heteroatoms. The Morgan fingerprint density at radius 1 is 1.64 bits per heavy atom. The molecule has 78 valence electrons. The lowest BCUT2D eigenvalue weighted by Gasteiger charge is -2.15. The van der Waals surface area contributed by atoms with Crippen molar-refractivity contribution in [2.24, 2.45) is 5.92 Å². The Morgan fingerprint density at radius 3 is 3.00 bits per heavy atom. The molecule has 1 atom stereocenters. The summed E-state index contributed by atoms with van der Waals surface area (Å²) in [6.07, 6.45) is 7.81. The average Bonchev–Trinajstić information content (AvgIpc) is 2.95. The number of hydrogen-bond donors (Lipinski definition) is 1. The number of imidazole rings is 1. The third-order valence-corrected chi connectivity index (χ3v) is 3.11.